The van der Waals surface area contributed by atoms with Crippen LogP contribution < -0.4 is 15.5 Å². The molecule has 1 heterocycles. The standard InChI is InChI=1S/C19H27FN4OS.HI/c1-5-21-18(23-13-19(2,25)15-8-9-26-12-15)22-11-14-6-7-17(24(3)4)16(20)10-14;/h6-10,12,25H,5,11,13H2,1-4H3,(H2,21,22,23);1H. The van der Waals surface area contributed by atoms with E-state index in [0.29, 0.717) is 31.3 Å². The summed E-state index contributed by atoms with van der Waals surface area (Å²) in [6.07, 6.45) is 0. The third kappa shape index (κ3) is 6.93. The van der Waals surface area contributed by atoms with Crippen LogP contribution in [0.15, 0.2) is 40.0 Å². The van der Waals surface area contributed by atoms with Gasteiger partial charge in [-0.3, -0.25) is 0 Å². The number of rotatable bonds is 7. The van der Waals surface area contributed by atoms with Gasteiger partial charge in [-0.25, -0.2) is 9.38 Å². The van der Waals surface area contributed by atoms with E-state index in [2.05, 4.69) is 15.6 Å². The van der Waals surface area contributed by atoms with Crippen molar-refractivity contribution in [2.24, 2.45) is 4.99 Å². The first-order valence-electron chi connectivity index (χ1n) is 8.56. The molecule has 27 heavy (non-hydrogen) atoms. The van der Waals surface area contributed by atoms with Gasteiger partial charge in [0.25, 0.3) is 0 Å². The van der Waals surface area contributed by atoms with Gasteiger partial charge in [-0.05, 0) is 53.9 Å². The summed E-state index contributed by atoms with van der Waals surface area (Å²) in [5.74, 6) is 0.321. The molecule has 1 unspecified atom stereocenters. The SMILES string of the molecule is CCNC(=NCc1ccc(N(C)C)c(F)c1)NCC(C)(O)c1ccsc1.I. The Morgan fingerprint density at radius 1 is 1.30 bits per heavy atom. The van der Waals surface area contributed by atoms with E-state index in [-0.39, 0.29) is 29.8 Å². The Bertz CT molecular complexity index is 735. The van der Waals surface area contributed by atoms with Gasteiger partial charge in [0.2, 0.25) is 0 Å². The van der Waals surface area contributed by atoms with Gasteiger partial charge in [0.15, 0.2) is 5.96 Å². The number of hydrogen-bond acceptors (Lipinski definition) is 4. The molecule has 0 aliphatic heterocycles. The van der Waals surface area contributed by atoms with Crippen LogP contribution in [-0.4, -0.2) is 38.3 Å². The van der Waals surface area contributed by atoms with Crippen molar-refractivity contribution in [2.75, 3.05) is 32.1 Å². The van der Waals surface area contributed by atoms with Gasteiger partial charge in [-0.15, -0.1) is 24.0 Å². The van der Waals surface area contributed by atoms with Gasteiger partial charge in [0.05, 0.1) is 18.8 Å². The first kappa shape index (κ1) is 23.6. The molecule has 2 aromatic rings. The maximum Gasteiger partial charge on any atom is 0.191 e. The molecule has 0 saturated carbocycles. The maximum atomic E-state index is 14.1. The molecule has 0 amide bonds. The lowest BCUT2D eigenvalue weighted by Crippen LogP contribution is -2.44. The molecular formula is C19H28FIN4OS. The number of nitrogens with zero attached hydrogens (tertiary/aromatic N) is 2. The van der Waals surface area contributed by atoms with Gasteiger partial charge in [-0.1, -0.05) is 6.07 Å². The minimum Gasteiger partial charge on any atom is -0.384 e. The smallest absolute Gasteiger partial charge is 0.191 e. The lowest BCUT2D eigenvalue weighted by atomic mass is 9.99. The summed E-state index contributed by atoms with van der Waals surface area (Å²) in [4.78, 5) is 6.23. The minimum atomic E-state index is -0.990. The number of hydrogen-bond donors (Lipinski definition) is 3. The van der Waals surface area contributed by atoms with Crippen LogP contribution in [-0.2, 0) is 12.1 Å². The second-order valence-corrected chi connectivity index (χ2v) is 7.29. The fourth-order valence-corrected chi connectivity index (χ4v) is 3.24. The molecule has 5 nitrogen and oxygen atoms in total. The number of guanidine groups is 1. The van der Waals surface area contributed by atoms with Crippen molar-refractivity contribution >= 4 is 47.0 Å². The maximum absolute atomic E-state index is 14.1. The van der Waals surface area contributed by atoms with E-state index in [1.807, 2.05) is 43.9 Å². The Morgan fingerprint density at radius 2 is 2.04 bits per heavy atom. The molecule has 0 aliphatic carbocycles. The van der Waals surface area contributed by atoms with E-state index in [4.69, 9.17) is 0 Å². The fourth-order valence-electron chi connectivity index (χ4n) is 2.45. The van der Waals surface area contributed by atoms with E-state index in [1.54, 1.807) is 29.2 Å². The molecule has 1 aromatic carbocycles. The van der Waals surface area contributed by atoms with Crippen LogP contribution in [0, 0.1) is 5.82 Å². The van der Waals surface area contributed by atoms with Gasteiger partial charge in [0, 0.05) is 20.6 Å². The minimum absolute atomic E-state index is 0. The third-order valence-electron chi connectivity index (χ3n) is 4.00. The van der Waals surface area contributed by atoms with E-state index in [0.717, 1.165) is 11.1 Å². The summed E-state index contributed by atoms with van der Waals surface area (Å²) in [5, 5.41) is 20.8. The third-order valence-corrected chi connectivity index (χ3v) is 4.68. The van der Waals surface area contributed by atoms with Crippen LogP contribution in [0.4, 0.5) is 10.1 Å². The first-order valence-corrected chi connectivity index (χ1v) is 9.50. The highest BCUT2D eigenvalue weighted by Crippen LogP contribution is 2.22. The molecule has 0 aliphatic rings. The van der Waals surface area contributed by atoms with Gasteiger partial charge >= 0.3 is 0 Å². The lowest BCUT2D eigenvalue weighted by Gasteiger charge is -2.24. The average Bonchev–Trinajstić information content (AvgIpc) is 3.12. The summed E-state index contributed by atoms with van der Waals surface area (Å²) in [7, 11) is 3.62. The van der Waals surface area contributed by atoms with Crippen LogP contribution in [0.2, 0.25) is 0 Å². The number of nitrogens with one attached hydrogen (secondary N) is 2. The van der Waals surface area contributed by atoms with E-state index < -0.39 is 5.60 Å². The van der Waals surface area contributed by atoms with Gasteiger partial charge < -0.3 is 20.6 Å². The lowest BCUT2D eigenvalue weighted by molar-refractivity contribution is 0.0621. The zero-order chi connectivity index (χ0) is 19.2. The molecule has 0 fully saturated rings. The Kier molecular flexibility index (Phi) is 9.48. The molecule has 0 spiro atoms. The monoisotopic (exact) mass is 506 g/mol. The number of benzene rings is 1. The second kappa shape index (κ2) is 10.8. The van der Waals surface area contributed by atoms with E-state index >= 15 is 0 Å². The highest BCUT2D eigenvalue weighted by Gasteiger charge is 2.23. The summed E-state index contributed by atoms with van der Waals surface area (Å²) in [6, 6.07) is 7.03. The van der Waals surface area contributed by atoms with Crippen molar-refractivity contribution in [3.8, 4) is 0 Å². The molecule has 2 rings (SSSR count). The molecule has 150 valence electrons. The van der Waals surface area contributed by atoms with Crippen LogP contribution in [0.1, 0.15) is 25.0 Å². The zero-order valence-corrected chi connectivity index (χ0v) is 19.3. The van der Waals surface area contributed by atoms with Crippen LogP contribution in [0.3, 0.4) is 0 Å². The normalized spacial score (nSPS) is 13.5. The molecule has 1 aromatic heterocycles. The van der Waals surface area contributed by atoms with E-state index in [9.17, 15) is 9.50 Å². The number of halogens is 2. The summed E-state index contributed by atoms with van der Waals surface area (Å²) in [5.41, 5.74) is 1.21. The molecule has 0 bridgehead atoms. The molecule has 0 saturated heterocycles. The summed E-state index contributed by atoms with van der Waals surface area (Å²) < 4.78 is 14.1. The van der Waals surface area contributed by atoms with E-state index in [1.165, 1.54) is 6.07 Å². The highest BCUT2D eigenvalue weighted by molar-refractivity contribution is 14.0. The van der Waals surface area contributed by atoms with Gasteiger partial charge in [0.1, 0.15) is 11.4 Å². The second-order valence-electron chi connectivity index (χ2n) is 6.51. The van der Waals surface area contributed by atoms with Crippen molar-refractivity contribution in [1.29, 1.82) is 0 Å². The number of aliphatic imine (C=N–C) groups is 1. The van der Waals surface area contributed by atoms with Gasteiger partial charge in [-0.2, -0.15) is 11.3 Å². The predicted molar refractivity (Wildman–Crippen MR) is 123 cm³/mol. The van der Waals surface area contributed by atoms with Crippen molar-refractivity contribution in [1.82, 2.24) is 10.6 Å². The Balaban J connectivity index is 0.00000364. The van der Waals surface area contributed by atoms with Crippen molar-refractivity contribution in [3.05, 3.63) is 52.0 Å². The number of anilines is 1. The summed E-state index contributed by atoms with van der Waals surface area (Å²) in [6.45, 7) is 5.10. The molecule has 8 heteroatoms. The van der Waals surface area contributed by atoms with Crippen molar-refractivity contribution < 1.29 is 9.50 Å². The van der Waals surface area contributed by atoms with Crippen molar-refractivity contribution in [2.45, 2.75) is 26.0 Å². The first-order chi connectivity index (χ1) is 12.3. The molecule has 1 atom stereocenters. The van der Waals surface area contributed by atoms with Crippen LogP contribution in [0.5, 0.6) is 0 Å². The number of aliphatic hydroxyl groups is 1. The highest BCUT2D eigenvalue weighted by atomic mass is 127. The predicted octanol–water partition coefficient (Wildman–Crippen LogP) is 3.53. The molecule has 3 N–H and O–H groups in total. The Hall–Kier alpha value is -1.39. The Morgan fingerprint density at radius 3 is 2.59 bits per heavy atom. The fraction of sp³-hybridized carbons (Fsp3) is 0.421. The number of thiophene rings is 1. The summed E-state index contributed by atoms with van der Waals surface area (Å²) >= 11 is 1.55. The Labute approximate surface area is 181 Å². The quantitative estimate of drug-likeness (QED) is 0.306. The van der Waals surface area contributed by atoms with Crippen LogP contribution >= 0.6 is 35.3 Å². The van der Waals surface area contributed by atoms with Crippen molar-refractivity contribution in [3.63, 3.8) is 0 Å². The topological polar surface area (TPSA) is 59.9 Å². The molecular weight excluding hydrogens is 478 g/mol. The average molecular weight is 506 g/mol. The largest absolute Gasteiger partial charge is 0.384 e. The van der Waals surface area contributed by atoms with Crippen LogP contribution in [0.25, 0.3) is 0 Å². The molecule has 0 radical (unpaired) electrons. The zero-order valence-electron chi connectivity index (χ0n) is 16.1.